The molecule has 2 amide bonds. The second-order valence-corrected chi connectivity index (χ2v) is 11.3. The minimum atomic E-state index is -0.447. The summed E-state index contributed by atoms with van der Waals surface area (Å²) in [6, 6.07) is 7.23. The van der Waals surface area contributed by atoms with Crippen LogP contribution >= 0.6 is 23.1 Å². The molecule has 3 rings (SSSR count). The number of nitrogens with zero attached hydrogens (tertiary/aromatic N) is 2. The fourth-order valence-electron chi connectivity index (χ4n) is 2.96. The third kappa shape index (κ3) is 8.68. The molecule has 0 bridgehead atoms. The molecule has 2 aromatic heterocycles. The number of carbonyl (C=O) groups excluding carboxylic acids is 2. The van der Waals surface area contributed by atoms with Crippen molar-refractivity contribution in [3.8, 4) is 5.75 Å². The summed E-state index contributed by atoms with van der Waals surface area (Å²) in [7, 11) is 0. The number of hydroxylamine groups is 1. The monoisotopic (exact) mass is 518 g/mol. The second-order valence-electron chi connectivity index (χ2n) is 9.01. The predicted molar refractivity (Wildman–Crippen MR) is 135 cm³/mol. The maximum Gasteiger partial charge on any atom is 0.243 e. The van der Waals surface area contributed by atoms with Crippen molar-refractivity contribution in [2.75, 3.05) is 5.32 Å². The minimum Gasteiger partial charge on any atom is -0.491 e. The van der Waals surface area contributed by atoms with E-state index in [0.717, 1.165) is 15.5 Å². The van der Waals surface area contributed by atoms with Gasteiger partial charge in [-0.25, -0.2) is 15.4 Å². The number of ether oxygens (including phenoxy) is 1. The van der Waals surface area contributed by atoms with Crippen LogP contribution in [-0.4, -0.2) is 33.1 Å². The molecule has 188 valence electrons. The summed E-state index contributed by atoms with van der Waals surface area (Å²) in [5.41, 5.74) is 2.36. The molecule has 3 aromatic rings. The highest BCUT2D eigenvalue weighted by molar-refractivity contribution is 8.00. The van der Waals surface area contributed by atoms with E-state index in [-0.39, 0.29) is 30.3 Å². The van der Waals surface area contributed by atoms with E-state index >= 15 is 0 Å². The van der Waals surface area contributed by atoms with E-state index in [1.54, 1.807) is 41.8 Å². The van der Waals surface area contributed by atoms with Crippen LogP contribution in [0.1, 0.15) is 57.8 Å². The number of hydrogen-bond donors (Lipinski definition) is 3. The summed E-state index contributed by atoms with van der Waals surface area (Å²) in [4.78, 5) is 32.2. The number of benzene rings is 1. The van der Waals surface area contributed by atoms with Crippen molar-refractivity contribution in [2.24, 2.45) is 0 Å². The van der Waals surface area contributed by atoms with E-state index in [1.807, 2.05) is 19.1 Å². The summed E-state index contributed by atoms with van der Waals surface area (Å²) in [5.74, 6) is 2.15. The van der Waals surface area contributed by atoms with Gasteiger partial charge in [0.15, 0.2) is 5.13 Å². The lowest BCUT2D eigenvalue weighted by molar-refractivity contribution is -0.129. The first-order valence-corrected chi connectivity index (χ1v) is 12.9. The normalized spacial score (nSPS) is 12.3. The molecule has 0 spiro atoms. The molecule has 0 radical (unpaired) electrons. The van der Waals surface area contributed by atoms with Crippen LogP contribution in [0.3, 0.4) is 0 Å². The summed E-state index contributed by atoms with van der Waals surface area (Å²) in [6.45, 7) is 8.09. The zero-order valence-electron chi connectivity index (χ0n) is 20.2. The maximum absolute atomic E-state index is 12.4. The lowest BCUT2D eigenvalue weighted by Gasteiger charge is -2.14. The van der Waals surface area contributed by atoms with E-state index in [9.17, 15) is 9.59 Å². The highest BCUT2D eigenvalue weighted by Gasteiger charge is 2.19. The molecule has 0 fully saturated rings. The van der Waals surface area contributed by atoms with Crippen LogP contribution in [-0.2, 0) is 27.2 Å². The molecule has 2 heterocycles. The van der Waals surface area contributed by atoms with E-state index in [0.29, 0.717) is 28.9 Å². The van der Waals surface area contributed by atoms with E-state index < -0.39 is 5.91 Å². The zero-order chi connectivity index (χ0) is 25.4. The van der Waals surface area contributed by atoms with Gasteiger partial charge >= 0.3 is 0 Å². The van der Waals surface area contributed by atoms with Gasteiger partial charge in [0.1, 0.15) is 11.5 Å². The van der Waals surface area contributed by atoms with Crippen molar-refractivity contribution >= 4 is 40.0 Å². The number of oxazole rings is 1. The average Bonchev–Trinajstić information content (AvgIpc) is 3.47. The highest BCUT2D eigenvalue weighted by Crippen LogP contribution is 2.32. The van der Waals surface area contributed by atoms with Gasteiger partial charge in [0.05, 0.1) is 34.9 Å². The number of hydrogen-bond acceptors (Lipinski definition) is 9. The third-order valence-corrected chi connectivity index (χ3v) is 6.98. The van der Waals surface area contributed by atoms with Crippen molar-refractivity contribution in [1.29, 1.82) is 0 Å². The quantitative estimate of drug-likeness (QED) is 0.185. The molecule has 1 atom stereocenters. The smallest absolute Gasteiger partial charge is 0.243 e. The van der Waals surface area contributed by atoms with Crippen molar-refractivity contribution in [2.45, 2.75) is 68.4 Å². The molecule has 1 aromatic carbocycles. The summed E-state index contributed by atoms with van der Waals surface area (Å²) >= 11 is 2.97. The Morgan fingerprint density at radius 2 is 1.91 bits per heavy atom. The number of rotatable bonds is 11. The number of anilines is 1. The molecule has 11 heteroatoms. The lowest BCUT2D eigenvalue weighted by atomic mass is 9.94. The van der Waals surface area contributed by atoms with Crippen LogP contribution in [0.4, 0.5) is 5.13 Å². The Bertz CT molecular complexity index is 1120. The highest BCUT2D eigenvalue weighted by atomic mass is 32.2. The van der Waals surface area contributed by atoms with Gasteiger partial charge in [-0.15, -0.1) is 11.8 Å². The number of amides is 2. The van der Waals surface area contributed by atoms with Crippen molar-refractivity contribution in [3.63, 3.8) is 0 Å². The van der Waals surface area contributed by atoms with Crippen LogP contribution in [0, 0.1) is 0 Å². The van der Waals surface area contributed by atoms with Gasteiger partial charge in [-0.1, -0.05) is 44.2 Å². The topological polar surface area (TPSA) is 127 Å². The van der Waals surface area contributed by atoms with Gasteiger partial charge in [-0.05, 0) is 31.0 Å². The van der Waals surface area contributed by atoms with Crippen LogP contribution in [0.25, 0.3) is 0 Å². The Kier molecular flexibility index (Phi) is 9.30. The molecule has 1 unspecified atom stereocenters. The first-order valence-electron chi connectivity index (χ1n) is 11.1. The van der Waals surface area contributed by atoms with Gasteiger partial charge < -0.3 is 14.5 Å². The van der Waals surface area contributed by atoms with Crippen molar-refractivity contribution in [3.05, 3.63) is 53.9 Å². The van der Waals surface area contributed by atoms with Gasteiger partial charge in [-0.2, -0.15) is 0 Å². The summed E-state index contributed by atoms with van der Waals surface area (Å²) < 4.78 is 12.5. The molecule has 0 saturated carbocycles. The minimum absolute atomic E-state index is 0.0796. The SMILES string of the molecule is CC(CCC(=O)NO)Oc1ccc(CC(=O)Nc2ncc(SCc3ncc(C(C)(C)C)o3)s2)cc1. The second kappa shape index (κ2) is 12.2. The molecule has 9 nitrogen and oxygen atoms in total. The Hall–Kier alpha value is -2.89. The first kappa shape index (κ1) is 26.7. The molecular formula is C24H30N4O5S2. The van der Waals surface area contributed by atoms with E-state index in [4.69, 9.17) is 14.4 Å². The van der Waals surface area contributed by atoms with Crippen molar-refractivity contribution < 1.29 is 24.0 Å². The molecule has 0 aliphatic rings. The maximum atomic E-state index is 12.4. The van der Waals surface area contributed by atoms with Gasteiger partial charge in [-0.3, -0.25) is 14.8 Å². The van der Waals surface area contributed by atoms with Crippen LogP contribution < -0.4 is 15.5 Å². The number of aromatic nitrogens is 2. The van der Waals surface area contributed by atoms with E-state index in [1.165, 1.54) is 11.3 Å². The Morgan fingerprint density at radius 1 is 1.17 bits per heavy atom. The fourth-order valence-corrected chi connectivity index (χ4v) is 4.70. The molecular weight excluding hydrogens is 488 g/mol. The Morgan fingerprint density at radius 3 is 2.57 bits per heavy atom. The van der Waals surface area contributed by atoms with Crippen LogP contribution in [0.15, 0.2) is 45.3 Å². The number of thiazole rings is 1. The molecule has 0 aliphatic carbocycles. The average molecular weight is 519 g/mol. The van der Waals surface area contributed by atoms with Crippen LogP contribution in [0.5, 0.6) is 5.75 Å². The van der Waals surface area contributed by atoms with Gasteiger partial charge in [0, 0.05) is 11.8 Å². The molecule has 0 aliphatic heterocycles. The first-order chi connectivity index (χ1) is 16.6. The zero-order valence-corrected chi connectivity index (χ0v) is 21.8. The number of nitrogens with one attached hydrogen (secondary N) is 2. The third-order valence-electron chi connectivity index (χ3n) is 4.89. The Balaban J connectivity index is 1.43. The van der Waals surface area contributed by atoms with E-state index in [2.05, 4.69) is 36.1 Å². The number of carbonyl (C=O) groups is 2. The largest absolute Gasteiger partial charge is 0.491 e. The lowest BCUT2D eigenvalue weighted by Crippen LogP contribution is -2.21. The van der Waals surface area contributed by atoms with Gasteiger partial charge in [0.25, 0.3) is 0 Å². The molecule has 35 heavy (non-hydrogen) atoms. The molecule has 0 saturated heterocycles. The van der Waals surface area contributed by atoms with Gasteiger partial charge in [0.2, 0.25) is 17.7 Å². The molecule has 3 N–H and O–H groups in total. The summed E-state index contributed by atoms with van der Waals surface area (Å²) in [5, 5.41) is 11.9. The standard InChI is InChI=1S/C24H30N4O5S2/c1-15(5-10-19(29)28-31)32-17-8-6-16(7-9-17)11-20(30)27-23-26-13-22(35-23)34-14-21-25-12-18(33-21)24(2,3)4/h6-9,12-13,15,31H,5,10-11,14H2,1-4H3,(H,28,29)(H,26,27,30). The Labute approximate surface area is 212 Å². The summed E-state index contributed by atoms with van der Waals surface area (Å²) in [6.07, 6.45) is 4.16. The van der Waals surface area contributed by atoms with Crippen LogP contribution in [0.2, 0.25) is 0 Å². The predicted octanol–water partition coefficient (Wildman–Crippen LogP) is 4.96. The number of thioether (sulfide) groups is 1. The fraction of sp³-hybridized carbons (Fsp3) is 0.417. The van der Waals surface area contributed by atoms with Crippen molar-refractivity contribution in [1.82, 2.24) is 15.4 Å².